The third-order valence-electron chi connectivity index (χ3n) is 1.98. The number of nitrogens with one attached hydrogen (secondary N) is 1. The molecular formula is C9H17N3O4S. The van der Waals surface area contributed by atoms with Gasteiger partial charge in [-0.2, -0.15) is 11.8 Å². The highest BCUT2D eigenvalue weighted by atomic mass is 32.2. The average Bonchev–Trinajstić information content (AvgIpc) is 2.22. The largest absolute Gasteiger partial charge is 0.480 e. The number of hydrogen-bond donors (Lipinski definition) is 4. The standard InChI is InChI=1S/C9H17N3O4S/c1-17-3-2-6(9(15)16)12-8(14)5(10)4-7(11)13/h5-6H,2-4,10H2,1H3,(H2,11,13)(H,12,14)(H,15,16)/t5?,6-/m0/s1. The number of hydrogen-bond acceptors (Lipinski definition) is 5. The number of aliphatic carboxylic acids is 1. The number of carbonyl (C=O) groups is 3. The second kappa shape index (κ2) is 7.91. The van der Waals surface area contributed by atoms with Gasteiger partial charge >= 0.3 is 5.97 Å². The van der Waals surface area contributed by atoms with Crippen LogP contribution in [0.15, 0.2) is 0 Å². The van der Waals surface area contributed by atoms with Gasteiger partial charge < -0.3 is 21.9 Å². The van der Waals surface area contributed by atoms with E-state index in [2.05, 4.69) is 5.32 Å². The number of carbonyl (C=O) groups excluding carboxylic acids is 2. The monoisotopic (exact) mass is 263 g/mol. The first-order chi connectivity index (χ1) is 7.88. The molecule has 6 N–H and O–H groups in total. The van der Waals surface area contributed by atoms with E-state index in [1.165, 1.54) is 11.8 Å². The topological polar surface area (TPSA) is 136 Å². The van der Waals surface area contributed by atoms with Crippen molar-refractivity contribution >= 4 is 29.5 Å². The predicted octanol–water partition coefficient (Wildman–Crippen LogP) is -1.49. The highest BCUT2D eigenvalue weighted by Gasteiger charge is 2.23. The zero-order chi connectivity index (χ0) is 13.4. The molecule has 0 aromatic heterocycles. The molecule has 0 aromatic rings. The SMILES string of the molecule is CSCC[C@H](NC(=O)C(N)CC(N)=O)C(=O)O. The van der Waals surface area contributed by atoms with Crippen LogP contribution in [0.2, 0.25) is 0 Å². The first-order valence-corrected chi connectivity index (χ1v) is 6.33. The number of rotatable bonds is 8. The molecule has 0 radical (unpaired) electrons. The molecule has 98 valence electrons. The van der Waals surface area contributed by atoms with E-state index >= 15 is 0 Å². The van der Waals surface area contributed by atoms with Gasteiger partial charge in [-0.15, -0.1) is 0 Å². The van der Waals surface area contributed by atoms with E-state index in [9.17, 15) is 14.4 Å². The number of thioether (sulfide) groups is 1. The second-order valence-electron chi connectivity index (χ2n) is 3.46. The third-order valence-corrected chi connectivity index (χ3v) is 2.63. The lowest BCUT2D eigenvalue weighted by molar-refractivity contribution is -0.142. The van der Waals surface area contributed by atoms with Gasteiger partial charge in [0.1, 0.15) is 6.04 Å². The number of carboxylic acids is 1. The summed E-state index contributed by atoms with van der Waals surface area (Å²) >= 11 is 1.47. The maximum Gasteiger partial charge on any atom is 0.326 e. The average molecular weight is 263 g/mol. The van der Waals surface area contributed by atoms with Crippen LogP contribution in [0.25, 0.3) is 0 Å². The Labute approximate surface area is 103 Å². The minimum Gasteiger partial charge on any atom is -0.480 e. The summed E-state index contributed by atoms with van der Waals surface area (Å²) in [6, 6.07) is -2.10. The Morgan fingerprint density at radius 2 is 2.00 bits per heavy atom. The van der Waals surface area contributed by atoms with E-state index in [1.807, 2.05) is 6.26 Å². The first-order valence-electron chi connectivity index (χ1n) is 4.94. The van der Waals surface area contributed by atoms with E-state index in [4.69, 9.17) is 16.6 Å². The van der Waals surface area contributed by atoms with Crippen LogP contribution in [-0.2, 0) is 14.4 Å². The maximum absolute atomic E-state index is 11.4. The van der Waals surface area contributed by atoms with Crippen molar-refractivity contribution in [3.63, 3.8) is 0 Å². The Kier molecular flexibility index (Phi) is 7.31. The zero-order valence-electron chi connectivity index (χ0n) is 9.51. The summed E-state index contributed by atoms with van der Waals surface area (Å²) in [5.41, 5.74) is 10.3. The lowest BCUT2D eigenvalue weighted by atomic mass is 10.1. The second-order valence-corrected chi connectivity index (χ2v) is 4.44. The fourth-order valence-corrected chi connectivity index (χ4v) is 1.55. The number of primary amides is 1. The molecular weight excluding hydrogens is 246 g/mol. The Balaban J connectivity index is 4.29. The Bertz CT molecular complexity index is 298. The minimum atomic E-state index is -1.13. The molecule has 0 aliphatic heterocycles. The maximum atomic E-state index is 11.4. The molecule has 0 fully saturated rings. The van der Waals surface area contributed by atoms with Gasteiger partial charge in [0.15, 0.2) is 0 Å². The van der Waals surface area contributed by atoms with Gasteiger partial charge in [0.2, 0.25) is 11.8 Å². The molecule has 2 atom stereocenters. The number of carboxylic acid groups (broad SMARTS) is 1. The van der Waals surface area contributed by atoms with E-state index in [0.717, 1.165) is 0 Å². The van der Waals surface area contributed by atoms with Crippen LogP contribution in [-0.4, -0.2) is 47.0 Å². The molecule has 17 heavy (non-hydrogen) atoms. The van der Waals surface area contributed by atoms with E-state index in [-0.39, 0.29) is 6.42 Å². The molecule has 2 amide bonds. The quantitative estimate of drug-likeness (QED) is 0.421. The summed E-state index contributed by atoms with van der Waals surface area (Å²) in [7, 11) is 0. The molecule has 0 aliphatic rings. The van der Waals surface area contributed by atoms with Crippen molar-refractivity contribution in [3.8, 4) is 0 Å². The Hall–Kier alpha value is -1.28. The lowest BCUT2D eigenvalue weighted by Crippen LogP contribution is -2.49. The van der Waals surface area contributed by atoms with Gasteiger partial charge in [0.05, 0.1) is 12.5 Å². The smallest absolute Gasteiger partial charge is 0.326 e. The number of nitrogens with two attached hydrogens (primary N) is 2. The van der Waals surface area contributed by atoms with Crippen LogP contribution in [0, 0.1) is 0 Å². The van der Waals surface area contributed by atoms with Crippen LogP contribution >= 0.6 is 11.8 Å². The molecule has 0 rings (SSSR count). The molecule has 0 saturated carbocycles. The van der Waals surface area contributed by atoms with Crippen molar-refractivity contribution in [2.75, 3.05) is 12.0 Å². The van der Waals surface area contributed by atoms with Crippen molar-refractivity contribution in [2.45, 2.75) is 24.9 Å². The van der Waals surface area contributed by atoms with Gasteiger partial charge in [-0.25, -0.2) is 4.79 Å². The van der Waals surface area contributed by atoms with Crippen molar-refractivity contribution in [1.29, 1.82) is 0 Å². The summed E-state index contributed by atoms with van der Waals surface area (Å²) in [4.78, 5) is 32.8. The van der Waals surface area contributed by atoms with Gasteiger partial charge in [0.25, 0.3) is 0 Å². The molecule has 0 aliphatic carbocycles. The van der Waals surface area contributed by atoms with Crippen LogP contribution in [0.5, 0.6) is 0 Å². The minimum absolute atomic E-state index is 0.297. The molecule has 7 nitrogen and oxygen atoms in total. The van der Waals surface area contributed by atoms with E-state index in [1.54, 1.807) is 0 Å². The molecule has 0 bridgehead atoms. The Morgan fingerprint density at radius 3 is 2.41 bits per heavy atom. The van der Waals surface area contributed by atoms with Crippen LogP contribution in [0.3, 0.4) is 0 Å². The van der Waals surface area contributed by atoms with Crippen LogP contribution in [0.4, 0.5) is 0 Å². The lowest BCUT2D eigenvalue weighted by Gasteiger charge is -2.16. The van der Waals surface area contributed by atoms with Crippen molar-refractivity contribution in [2.24, 2.45) is 11.5 Å². The van der Waals surface area contributed by atoms with Crippen LogP contribution in [0.1, 0.15) is 12.8 Å². The normalized spacial score (nSPS) is 13.8. The highest BCUT2D eigenvalue weighted by molar-refractivity contribution is 7.98. The number of amides is 2. The summed E-state index contributed by atoms with van der Waals surface area (Å²) < 4.78 is 0. The molecule has 8 heteroatoms. The van der Waals surface area contributed by atoms with Crippen LogP contribution < -0.4 is 16.8 Å². The van der Waals surface area contributed by atoms with Crippen molar-refractivity contribution in [3.05, 3.63) is 0 Å². The van der Waals surface area contributed by atoms with E-state index in [0.29, 0.717) is 12.2 Å². The zero-order valence-corrected chi connectivity index (χ0v) is 10.3. The third kappa shape index (κ3) is 6.80. The fraction of sp³-hybridized carbons (Fsp3) is 0.667. The molecule has 1 unspecified atom stereocenters. The summed E-state index contributed by atoms with van der Waals surface area (Å²) in [5.74, 6) is -1.91. The predicted molar refractivity (Wildman–Crippen MR) is 64.4 cm³/mol. The first kappa shape index (κ1) is 15.7. The van der Waals surface area contributed by atoms with Gasteiger partial charge in [0, 0.05) is 0 Å². The van der Waals surface area contributed by atoms with Gasteiger partial charge in [-0.3, -0.25) is 9.59 Å². The van der Waals surface area contributed by atoms with E-state index < -0.39 is 29.9 Å². The summed E-state index contributed by atoms with van der Waals surface area (Å²) in [5, 5.41) is 11.1. The highest BCUT2D eigenvalue weighted by Crippen LogP contribution is 2.01. The summed E-state index contributed by atoms with van der Waals surface area (Å²) in [6.07, 6.45) is 1.83. The van der Waals surface area contributed by atoms with Crippen molar-refractivity contribution in [1.82, 2.24) is 5.32 Å². The molecule has 0 aromatic carbocycles. The van der Waals surface area contributed by atoms with Gasteiger partial charge in [-0.1, -0.05) is 0 Å². The van der Waals surface area contributed by atoms with Gasteiger partial charge in [-0.05, 0) is 18.4 Å². The Morgan fingerprint density at radius 1 is 1.41 bits per heavy atom. The summed E-state index contributed by atoms with van der Waals surface area (Å²) in [6.45, 7) is 0. The fourth-order valence-electron chi connectivity index (χ4n) is 1.08. The molecule has 0 spiro atoms. The molecule has 0 heterocycles. The molecule has 0 saturated heterocycles. The van der Waals surface area contributed by atoms with Crippen molar-refractivity contribution < 1.29 is 19.5 Å².